The number of benzene rings is 2. The first-order valence-corrected chi connectivity index (χ1v) is 6.93. The molecule has 3 N–H and O–H groups in total. The van der Waals surface area contributed by atoms with Crippen LogP contribution in [0.15, 0.2) is 54.6 Å². The van der Waals surface area contributed by atoms with Crippen molar-refractivity contribution < 1.29 is 24.5 Å². The standard InChI is InChI=1S/C17H17NO5/c1-23-13-9-5-8-12(10-13)16(20)18-14(15(19)17(21)22)11-6-3-2-4-7-11/h2-10,14-15,19H,1H3,(H,18,20)(H,21,22)/t14-,15-/m0/s1. The highest BCUT2D eigenvalue weighted by Gasteiger charge is 2.29. The fourth-order valence-electron chi connectivity index (χ4n) is 2.14. The van der Waals surface area contributed by atoms with Gasteiger partial charge in [-0.1, -0.05) is 36.4 Å². The van der Waals surface area contributed by atoms with Gasteiger partial charge in [0, 0.05) is 5.56 Å². The summed E-state index contributed by atoms with van der Waals surface area (Å²) in [5.74, 6) is -1.41. The van der Waals surface area contributed by atoms with E-state index >= 15 is 0 Å². The van der Waals surface area contributed by atoms with E-state index in [-0.39, 0.29) is 0 Å². The first kappa shape index (κ1) is 16.5. The predicted octanol–water partition coefficient (Wildman–Crippen LogP) is 1.61. The Bertz CT molecular complexity index is 686. The summed E-state index contributed by atoms with van der Waals surface area (Å²) in [5.41, 5.74) is 0.807. The molecule has 0 fully saturated rings. The van der Waals surface area contributed by atoms with Crippen LogP contribution in [-0.4, -0.2) is 35.3 Å². The number of carbonyl (C=O) groups excluding carboxylic acids is 1. The fourth-order valence-corrected chi connectivity index (χ4v) is 2.14. The fraction of sp³-hybridized carbons (Fsp3) is 0.176. The maximum atomic E-state index is 12.4. The molecule has 0 saturated carbocycles. The Kier molecular flexibility index (Phi) is 5.32. The van der Waals surface area contributed by atoms with E-state index in [1.165, 1.54) is 13.2 Å². The molecule has 2 rings (SSSR count). The highest BCUT2D eigenvalue weighted by atomic mass is 16.5. The average Bonchev–Trinajstić information content (AvgIpc) is 2.59. The van der Waals surface area contributed by atoms with Gasteiger partial charge in [-0.25, -0.2) is 4.79 Å². The number of carbonyl (C=O) groups is 2. The van der Waals surface area contributed by atoms with Crippen LogP contribution in [0.1, 0.15) is 22.0 Å². The van der Waals surface area contributed by atoms with Crippen molar-refractivity contribution in [1.82, 2.24) is 5.32 Å². The molecule has 6 heteroatoms. The molecule has 120 valence electrons. The van der Waals surface area contributed by atoms with Gasteiger partial charge in [-0.2, -0.15) is 0 Å². The number of hydrogen-bond acceptors (Lipinski definition) is 4. The third-order valence-corrected chi connectivity index (χ3v) is 3.35. The van der Waals surface area contributed by atoms with E-state index < -0.39 is 24.0 Å². The van der Waals surface area contributed by atoms with E-state index in [1.807, 2.05) is 0 Å². The topological polar surface area (TPSA) is 95.9 Å². The minimum atomic E-state index is -1.76. The lowest BCUT2D eigenvalue weighted by Crippen LogP contribution is -2.40. The molecule has 2 atom stereocenters. The number of rotatable bonds is 6. The molecule has 0 aromatic heterocycles. The molecule has 23 heavy (non-hydrogen) atoms. The third kappa shape index (κ3) is 4.08. The number of aliphatic hydroxyl groups excluding tert-OH is 1. The Labute approximate surface area is 133 Å². The van der Waals surface area contributed by atoms with E-state index in [0.717, 1.165) is 0 Å². The Morgan fingerprint density at radius 1 is 1.09 bits per heavy atom. The molecule has 0 radical (unpaired) electrons. The van der Waals surface area contributed by atoms with Gasteiger partial charge in [0.25, 0.3) is 5.91 Å². The number of ether oxygens (including phenoxy) is 1. The van der Waals surface area contributed by atoms with E-state index in [0.29, 0.717) is 16.9 Å². The first-order chi connectivity index (χ1) is 11.0. The van der Waals surface area contributed by atoms with Gasteiger partial charge in [0.2, 0.25) is 0 Å². The smallest absolute Gasteiger partial charge is 0.335 e. The summed E-state index contributed by atoms with van der Waals surface area (Å²) in [6.45, 7) is 0. The summed E-state index contributed by atoms with van der Waals surface area (Å²) in [6, 6.07) is 13.8. The largest absolute Gasteiger partial charge is 0.497 e. The summed E-state index contributed by atoms with van der Waals surface area (Å²) in [4.78, 5) is 23.5. The van der Waals surface area contributed by atoms with Gasteiger partial charge >= 0.3 is 5.97 Å². The lowest BCUT2D eigenvalue weighted by atomic mass is 10.0. The molecule has 2 aromatic carbocycles. The molecule has 0 heterocycles. The highest BCUT2D eigenvalue weighted by molar-refractivity contribution is 5.95. The van der Waals surface area contributed by atoms with Gasteiger partial charge in [-0.3, -0.25) is 4.79 Å². The van der Waals surface area contributed by atoms with Crippen molar-refractivity contribution in [2.45, 2.75) is 12.1 Å². The second-order valence-electron chi connectivity index (χ2n) is 4.88. The van der Waals surface area contributed by atoms with Crippen molar-refractivity contribution in [2.75, 3.05) is 7.11 Å². The lowest BCUT2D eigenvalue weighted by molar-refractivity contribution is -0.148. The van der Waals surface area contributed by atoms with Crippen LogP contribution >= 0.6 is 0 Å². The third-order valence-electron chi connectivity index (χ3n) is 3.35. The second-order valence-corrected chi connectivity index (χ2v) is 4.88. The summed E-state index contributed by atoms with van der Waals surface area (Å²) in [7, 11) is 1.48. The van der Waals surface area contributed by atoms with Gasteiger partial charge < -0.3 is 20.3 Å². The molecule has 0 aliphatic rings. The van der Waals surface area contributed by atoms with E-state index in [4.69, 9.17) is 9.84 Å². The normalized spacial score (nSPS) is 13.0. The van der Waals surface area contributed by atoms with Crippen molar-refractivity contribution in [2.24, 2.45) is 0 Å². The molecule has 0 saturated heterocycles. The highest BCUT2D eigenvalue weighted by Crippen LogP contribution is 2.19. The number of carboxylic acids is 1. The minimum absolute atomic E-state index is 0.308. The lowest BCUT2D eigenvalue weighted by Gasteiger charge is -2.22. The zero-order valence-corrected chi connectivity index (χ0v) is 12.5. The SMILES string of the molecule is COc1cccc(C(=O)N[C@@H](c2ccccc2)[C@H](O)C(=O)O)c1. The minimum Gasteiger partial charge on any atom is -0.497 e. The summed E-state index contributed by atoms with van der Waals surface area (Å²) >= 11 is 0. The van der Waals surface area contributed by atoms with Crippen molar-refractivity contribution in [3.63, 3.8) is 0 Å². The molecular weight excluding hydrogens is 298 g/mol. The van der Waals surface area contributed by atoms with E-state index in [2.05, 4.69) is 5.32 Å². The predicted molar refractivity (Wildman–Crippen MR) is 83.3 cm³/mol. The first-order valence-electron chi connectivity index (χ1n) is 6.93. The summed E-state index contributed by atoms with van der Waals surface area (Å²) in [5, 5.41) is 21.5. The van der Waals surface area contributed by atoms with Gasteiger partial charge in [-0.15, -0.1) is 0 Å². The van der Waals surface area contributed by atoms with Crippen LogP contribution in [0.4, 0.5) is 0 Å². The molecule has 1 amide bonds. The van der Waals surface area contributed by atoms with Crippen molar-refractivity contribution in [1.29, 1.82) is 0 Å². The van der Waals surface area contributed by atoms with Crippen molar-refractivity contribution in [3.8, 4) is 5.75 Å². The molecular formula is C17H17NO5. The quantitative estimate of drug-likeness (QED) is 0.752. The summed E-state index contributed by atoms with van der Waals surface area (Å²) in [6.07, 6.45) is -1.76. The van der Waals surface area contributed by atoms with E-state index in [9.17, 15) is 14.7 Å². The molecule has 0 bridgehead atoms. The van der Waals surface area contributed by atoms with Gasteiger partial charge in [0.05, 0.1) is 13.2 Å². The zero-order chi connectivity index (χ0) is 16.8. The van der Waals surface area contributed by atoms with Crippen molar-refractivity contribution in [3.05, 3.63) is 65.7 Å². The number of amides is 1. The van der Waals surface area contributed by atoms with Crippen LogP contribution in [0.5, 0.6) is 5.75 Å². The molecule has 0 aliphatic heterocycles. The molecule has 2 aromatic rings. The van der Waals surface area contributed by atoms with Gasteiger partial charge in [-0.05, 0) is 23.8 Å². The van der Waals surface area contributed by atoms with Crippen LogP contribution in [-0.2, 0) is 4.79 Å². The number of carboxylic acid groups (broad SMARTS) is 1. The average molecular weight is 315 g/mol. The van der Waals surface area contributed by atoms with Crippen LogP contribution < -0.4 is 10.1 Å². The zero-order valence-electron chi connectivity index (χ0n) is 12.5. The van der Waals surface area contributed by atoms with Gasteiger partial charge in [0.1, 0.15) is 5.75 Å². The number of aliphatic carboxylic acids is 1. The number of nitrogens with one attached hydrogen (secondary N) is 1. The monoisotopic (exact) mass is 315 g/mol. The number of hydrogen-bond donors (Lipinski definition) is 3. The van der Waals surface area contributed by atoms with Crippen molar-refractivity contribution >= 4 is 11.9 Å². The van der Waals surface area contributed by atoms with Crippen LogP contribution in [0.25, 0.3) is 0 Å². The number of aliphatic hydroxyl groups is 1. The molecule has 0 unspecified atom stereocenters. The van der Waals surface area contributed by atoms with Crippen LogP contribution in [0, 0.1) is 0 Å². The summed E-state index contributed by atoms with van der Waals surface area (Å²) < 4.78 is 5.06. The Morgan fingerprint density at radius 2 is 1.78 bits per heavy atom. The van der Waals surface area contributed by atoms with E-state index in [1.54, 1.807) is 48.5 Å². The maximum Gasteiger partial charge on any atom is 0.335 e. The van der Waals surface area contributed by atoms with Gasteiger partial charge in [0.15, 0.2) is 6.10 Å². The number of methoxy groups -OCH3 is 1. The van der Waals surface area contributed by atoms with Crippen LogP contribution in [0.3, 0.4) is 0 Å². The maximum absolute atomic E-state index is 12.4. The second kappa shape index (κ2) is 7.42. The Hall–Kier alpha value is -2.86. The molecule has 0 spiro atoms. The molecule has 6 nitrogen and oxygen atoms in total. The Morgan fingerprint density at radius 3 is 2.39 bits per heavy atom. The Balaban J connectivity index is 2.26. The molecule has 0 aliphatic carbocycles. The van der Waals surface area contributed by atoms with Crippen LogP contribution in [0.2, 0.25) is 0 Å².